The molecule has 1 amide bonds. The van der Waals surface area contributed by atoms with Crippen molar-refractivity contribution in [3.8, 4) is 22.6 Å². The number of esters is 1. The maximum atomic E-state index is 16.2. The Bertz CT molecular complexity index is 1940. The first kappa shape index (κ1) is 35.0. The molecule has 1 fully saturated rings. The Balaban J connectivity index is 1.41. The van der Waals surface area contributed by atoms with E-state index in [0.717, 1.165) is 4.90 Å². The minimum Gasteiger partial charge on any atom is -0.463 e. The highest BCUT2D eigenvalue weighted by molar-refractivity contribution is 6.33. The van der Waals surface area contributed by atoms with Crippen molar-refractivity contribution in [1.29, 1.82) is 0 Å². The molecule has 3 heterocycles. The van der Waals surface area contributed by atoms with Crippen molar-refractivity contribution >= 4 is 29.4 Å². The number of aliphatic imine (C=N–C) groups is 1. The first-order chi connectivity index (χ1) is 23.5. The predicted molar refractivity (Wildman–Crippen MR) is 177 cm³/mol. The highest BCUT2D eigenvalue weighted by atomic mass is 35.5. The number of hydrogen-bond donors (Lipinski definition) is 2. The summed E-state index contributed by atoms with van der Waals surface area (Å²) in [4.78, 5) is 41.9. The average Bonchev–Trinajstić information content (AvgIpc) is 3.55. The number of carbonyl (C=O) groups is 2. The van der Waals surface area contributed by atoms with Gasteiger partial charge in [0.1, 0.15) is 18.8 Å². The smallest absolute Gasteiger partial charge is 0.395 e. The third-order valence-electron chi connectivity index (χ3n) is 8.98. The number of nitrogens with one attached hydrogen (secondary N) is 1. The van der Waals surface area contributed by atoms with E-state index in [-0.39, 0.29) is 35.8 Å². The van der Waals surface area contributed by atoms with Crippen LogP contribution in [0.15, 0.2) is 72.1 Å². The zero-order valence-electron chi connectivity index (χ0n) is 27.4. The predicted octanol–water partition coefficient (Wildman–Crippen LogP) is 7.13. The van der Waals surface area contributed by atoms with E-state index in [1.54, 1.807) is 42.6 Å². The maximum Gasteiger partial charge on any atom is 0.395 e. The molecule has 1 aliphatic carbocycles. The maximum absolute atomic E-state index is 16.2. The van der Waals surface area contributed by atoms with E-state index >= 15 is 4.39 Å². The van der Waals surface area contributed by atoms with Crippen molar-refractivity contribution in [2.45, 2.75) is 64.2 Å². The number of halogens is 5. The molecule has 4 aromatic rings. The molecule has 2 aliphatic rings. The number of benzene rings is 2. The van der Waals surface area contributed by atoms with Gasteiger partial charge in [0.2, 0.25) is 0 Å². The number of rotatable bonds is 10. The molecule has 10 nitrogen and oxygen atoms in total. The summed E-state index contributed by atoms with van der Waals surface area (Å²) in [5.74, 6) is -2.51. The topological polar surface area (TPSA) is 139 Å². The van der Waals surface area contributed by atoms with E-state index < -0.39 is 59.3 Å². The number of nitrogens with zero attached hydrogens (tertiary/aromatic N) is 5. The number of carbonyl (C=O) groups excluding carboxylic acids is 2. The van der Waals surface area contributed by atoms with E-state index in [0.29, 0.717) is 28.2 Å². The number of guanidine groups is 1. The Morgan fingerprint density at radius 2 is 1.86 bits per heavy atom. The van der Waals surface area contributed by atoms with Crippen LogP contribution in [0.4, 0.5) is 17.6 Å². The van der Waals surface area contributed by atoms with Gasteiger partial charge in [-0.25, -0.2) is 14.4 Å². The summed E-state index contributed by atoms with van der Waals surface area (Å²) < 4.78 is 62.7. The Morgan fingerprint density at radius 3 is 2.46 bits per heavy atom. The van der Waals surface area contributed by atoms with Crippen LogP contribution in [-0.4, -0.2) is 55.7 Å². The number of ether oxygens (including phenoxy) is 1. The zero-order valence-corrected chi connectivity index (χ0v) is 28.1. The van der Waals surface area contributed by atoms with Gasteiger partial charge in [0.25, 0.3) is 5.91 Å². The number of aromatic amines is 1. The number of pyridine rings is 1. The van der Waals surface area contributed by atoms with Crippen molar-refractivity contribution in [1.82, 2.24) is 25.1 Å². The molecular formula is C35H34ClF4N7O3. The highest BCUT2D eigenvalue weighted by Gasteiger charge is 2.64. The van der Waals surface area contributed by atoms with Crippen LogP contribution in [0.1, 0.15) is 63.6 Å². The summed E-state index contributed by atoms with van der Waals surface area (Å²) in [5.41, 5.74) is 3.67. The SMILES string of the molecule is CC(C)(C)C[C@]1(c2ccc(-c3ccccn3)cc2F)N=C(N)N([C@H](COC(=O)CC2(C(F)(F)F)CC2)c2ccc(Cl)c(-c3ncn[nH]3)c2)C1=O. The molecule has 0 radical (unpaired) electrons. The van der Waals surface area contributed by atoms with Crippen LogP contribution in [0, 0.1) is 16.6 Å². The van der Waals surface area contributed by atoms with E-state index in [9.17, 15) is 22.8 Å². The minimum absolute atomic E-state index is 0.0282. The monoisotopic (exact) mass is 711 g/mol. The Morgan fingerprint density at radius 1 is 1.10 bits per heavy atom. The minimum atomic E-state index is -4.57. The van der Waals surface area contributed by atoms with Crippen molar-refractivity contribution in [3.05, 3.63) is 89.1 Å². The van der Waals surface area contributed by atoms with Crippen LogP contribution in [0.3, 0.4) is 0 Å². The second-order valence-corrected chi connectivity index (χ2v) is 14.3. The molecular weight excluding hydrogens is 678 g/mol. The molecule has 1 saturated carbocycles. The molecule has 3 N–H and O–H groups in total. The quantitative estimate of drug-likeness (QED) is 0.132. The first-order valence-electron chi connectivity index (χ1n) is 15.8. The molecule has 0 bridgehead atoms. The zero-order chi connectivity index (χ0) is 36.1. The molecule has 0 unspecified atom stereocenters. The lowest BCUT2D eigenvalue weighted by molar-refractivity contribution is -0.195. The number of amides is 1. The van der Waals surface area contributed by atoms with Gasteiger partial charge in [-0.2, -0.15) is 18.3 Å². The second-order valence-electron chi connectivity index (χ2n) is 13.9. The van der Waals surface area contributed by atoms with E-state index in [1.807, 2.05) is 20.8 Å². The highest BCUT2D eigenvalue weighted by Crippen LogP contribution is 2.60. The summed E-state index contributed by atoms with van der Waals surface area (Å²) in [6, 6.07) is 13.1. The summed E-state index contributed by atoms with van der Waals surface area (Å²) in [7, 11) is 0. The Labute approximate surface area is 290 Å². The van der Waals surface area contributed by atoms with Crippen molar-refractivity contribution in [3.63, 3.8) is 0 Å². The Hall–Kier alpha value is -4.85. The van der Waals surface area contributed by atoms with Crippen LogP contribution in [0.2, 0.25) is 5.02 Å². The van der Waals surface area contributed by atoms with Crippen molar-refractivity contribution in [2.75, 3.05) is 6.61 Å². The molecule has 0 saturated heterocycles. The summed E-state index contributed by atoms with van der Waals surface area (Å²) in [6.45, 7) is 5.02. The lowest BCUT2D eigenvalue weighted by Gasteiger charge is -2.35. The average molecular weight is 712 g/mol. The van der Waals surface area contributed by atoms with Crippen molar-refractivity contribution < 1.29 is 31.9 Å². The molecule has 2 atom stereocenters. The lowest BCUT2D eigenvalue weighted by Crippen LogP contribution is -2.47. The second kappa shape index (κ2) is 12.8. The van der Waals surface area contributed by atoms with Gasteiger partial charge in [-0.05, 0) is 60.6 Å². The number of nitrogens with two attached hydrogens (primary N) is 1. The van der Waals surface area contributed by atoms with Gasteiger partial charge < -0.3 is 10.5 Å². The van der Waals surface area contributed by atoms with Crippen LogP contribution in [0.25, 0.3) is 22.6 Å². The number of H-pyrrole nitrogens is 1. The van der Waals surface area contributed by atoms with Gasteiger partial charge >= 0.3 is 12.1 Å². The molecule has 50 heavy (non-hydrogen) atoms. The van der Waals surface area contributed by atoms with Crippen molar-refractivity contribution in [2.24, 2.45) is 21.6 Å². The Kier molecular flexibility index (Phi) is 8.96. The van der Waals surface area contributed by atoms with E-state index in [4.69, 9.17) is 22.1 Å². The molecule has 0 spiro atoms. The molecule has 262 valence electrons. The van der Waals surface area contributed by atoms with Gasteiger partial charge in [-0.1, -0.05) is 56.6 Å². The fraction of sp³-hybridized carbons (Fsp3) is 0.371. The van der Waals surface area contributed by atoms with Gasteiger partial charge in [0, 0.05) is 22.9 Å². The van der Waals surface area contributed by atoms with Crippen LogP contribution in [-0.2, 0) is 19.9 Å². The largest absolute Gasteiger partial charge is 0.463 e. The summed E-state index contributed by atoms with van der Waals surface area (Å²) in [5, 5.41) is 6.84. The molecule has 2 aromatic heterocycles. The summed E-state index contributed by atoms with van der Waals surface area (Å²) in [6.07, 6.45) is -2.93. The van der Waals surface area contributed by atoms with Crippen LogP contribution in [0.5, 0.6) is 0 Å². The van der Waals surface area contributed by atoms with Crippen LogP contribution < -0.4 is 5.73 Å². The van der Waals surface area contributed by atoms with E-state index in [2.05, 4.69) is 25.2 Å². The van der Waals surface area contributed by atoms with Gasteiger partial charge in [-0.3, -0.25) is 24.6 Å². The molecule has 1 aliphatic heterocycles. The van der Waals surface area contributed by atoms with Gasteiger partial charge in [0.05, 0.1) is 28.6 Å². The van der Waals surface area contributed by atoms with Gasteiger partial charge in [0.15, 0.2) is 17.3 Å². The fourth-order valence-corrected chi connectivity index (χ4v) is 6.60. The van der Waals surface area contributed by atoms with Crippen LogP contribution >= 0.6 is 11.6 Å². The fourth-order valence-electron chi connectivity index (χ4n) is 6.40. The molecule has 6 rings (SSSR count). The lowest BCUT2D eigenvalue weighted by atomic mass is 9.75. The molecule has 2 aromatic carbocycles. The first-order valence-corrected chi connectivity index (χ1v) is 16.2. The number of hydrogen-bond acceptors (Lipinski definition) is 8. The third-order valence-corrected chi connectivity index (χ3v) is 9.31. The standard InChI is InChI=1S/C35H34ClF4N7O3/c1-32(2,3)18-34(23-9-7-20(15-25(23)37)26-6-4-5-13-42-26)30(49)47(31(41)45-34)27(17-50-28(48)16-33(11-12-33)35(38,39)40)21-8-10-24(36)22(14-21)29-43-19-44-46-29/h4-10,13-15,19,27H,11-12,16-18H2,1-3H3,(H2,41,45)(H,43,44,46)/t27-,34-/m1/s1. The third kappa shape index (κ3) is 6.68. The molecule has 15 heteroatoms. The normalized spacial score (nSPS) is 19.3. The number of aromatic nitrogens is 4. The van der Waals surface area contributed by atoms with E-state index in [1.165, 1.54) is 24.5 Å². The summed E-state index contributed by atoms with van der Waals surface area (Å²) >= 11 is 6.48. The number of alkyl halides is 3. The van der Waals surface area contributed by atoms with Gasteiger partial charge in [-0.15, -0.1) is 0 Å².